The van der Waals surface area contributed by atoms with Crippen molar-refractivity contribution in [2.24, 2.45) is 11.8 Å². The third-order valence-corrected chi connectivity index (χ3v) is 7.50. The quantitative estimate of drug-likeness (QED) is 0.732. The number of nitrogens with one attached hydrogen (secondary N) is 1. The zero-order valence-electron chi connectivity index (χ0n) is 18.6. The minimum atomic E-state index is -3.61. The van der Waals surface area contributed by atoms with Crippen LogP contribution in [0.25, 0.3) is 0 Å². The highest BCUT2D eigenvalue weighted by Gasteiger charge is 2.31. The Hall–Kier alpha value is -3.03. The Morgan fingerprint density at radius 3 is 2.34 bits per heavy atom. The van der Waals surface area contributed by atoms with E-state index < -0.39 is 21.5 Å². The molecule has 32 heavy (non-hydrogen) atoms. The van der Waals surface area contributed by atoms with Gasteiger partial charge >= 0.3 is 0 Å². The number of sulfonamides is 1. The summed E-state index contributed by atoms with van der Waals surface area (Å²) in [5.41, 5.74) is 0.707. The first-order valence-electron chi connectivity index (χ1n) is 10.4. The Bertz CT molecular complexity index is 1220. The summed E-state index contributed by atoms with van der Waals surface area (Å²) in [5.74, 6) is 0.0909. The first-order chi connectivity index (χ1) is 15.0. The van der Waals surface area contributed by atoms with Crippen molar-refractivity contribution in [1.29, 1.82) is 5.26 Å². The van der Waals surface area contributed by atoms with Crippen molar-refractivity contribution in [3.63, 3.8) is 0 Å². The van der Waals surface area contributed by atoms with E-state index in [0.29, 0.717) is 41.9 Å². The maximum absolute atomic E-state index is 13.0. The van der Waals surface area contributed by atoms with Crippen molar-refractivity contribution in [2.75, 3.05) is 18.4 Å². The highest BCUT2D eigenvalue weighted by atomic mass is 32.2. The fraction of sp³-hybridized carbons (Fsp3) is 0.455. The Morgan fingerprint density at radius 1 is 1.19 bits per heavy atom. The predicted octanol–water partition coefficient (Wildman–Crippen LogP) is 2.04. The highest BCUT2D eigenvalue weighted by molar-refractivity contribution is 7.89. The van der Waals surface area contributed by atoms with Gasteiger partial charge in [-0.25, -0.2) is 13.1 Å². The van der Waals surface area contributed by atoms with Gasteiger partial charge in [-0.15, -0.1) is 0 Å². The molecule has 0 radical (unpaired) electrons. The number of carbonyl (C=O) groups excluding carboxylic acids is 1. The molecule has 1 fully saturated rings. The summed E-state index contributed by atoms with van der Waals surface area (Å²) in [6, 6.07) is 7.80. The average Bonchev–Trinajstić information content (AvgIpc) is 2.72. The lowest BCUT2D eigenvalue weighted by atomic mass is 9.94. The fourth-order valence-corrected chi connectivity index (χ4v) is 5.69. The number of piperidine rings is 1. The van der Waals surface area contributed by atoms with Gasteiger partial charge in [0.25, 0.3) is 5.56 Å². The Morgan fingerprint density at radius 2 is 1.78 bits per heavy atom. The van der Waals surface area contributed by atoms with E-state index in [2.05, 4.69) is 10.4 Å². The van der Waals surface area contributed by atoms with Gasteiger partial charge in [0.15, 0.2) is 0 Å². The molecule has 1 aliphatic heterocycles. The molecule has 0 bridgehead atoms. The van der Waals surface area contributed by atoms with Crippen LogP contribution in [0.2, 0.25) is 0 Å². The standard InChI is InChI=1S/C22H27N5O4S/c1-14-9-15(2)12-26(11-14)32(30,31)19-7-5-18(6-8-19)24-21(28)13-27-22(29)20(10-23)16(3)17(4)25-27/h5-8,14-15H,9,11-13H2,1-4H3,(H,24,28)/t14-,15-/m1/s1. The molecule has 2 atom stereocenters. The molecule has 1 amide bonds. The molecule has 9 nitrogen and oxygen atoms in total. The zero-order chi connectivity index (χ0) is 23.6. The van der Waals surface area contributed by atoms with Crippen LogP contribution in [0.1, 0.15) is 37.1 Å². The van der Waals surface area contributed by atoms with Crippen molar-refractivity contribution < 1.29 is 13.2 Å². The van der Waals surface area contributed by atoms with Crippen LogP contribution < -0.4 is 10.9 Å². The van der Waals surface area contributed by atoms with Crippen LogP contribution in [0.4, 0.5) is 5.69 Å². The van der Waals surface area contributed by atoms with E-state index in [1.54, 1.807) is 13.8 Å². The van der Waals surface area contributed by atoms with Crippen molar-refractivity contribution in [1.82, 2.24) is 14.1 Å². The van der Waals surface area contributed by atoms with Gasteiger partial charge in [-0.05, 0) is 61.9 Å². The summed E-state index contributed by atoms with van der Waals surface area (Å²) < 4.78 is 28.4. The van der Waals surface area contributed by atoms with E-state index in [1.807, 2.05) is 19.9 Å². The number of amides is 1. The molecule has 2 aromatic rings. The maximum atomic E-state index is 13.0. The molecular weight excluding hydrogens is 430 g/mol. The second kappa shape index (κ2) is 9.22. The zero-order valence-corrected chi connectivity index (χ0v) is 19.4. The van der Waals surface area contributed by atoms with E-state index in [-0.39, 0.29) is 17.0 Å². The van der Waals surface area contributed by atoms with Gasteiger partial charge < -0.3 is 5.32 Å². The number of rotatable bonds is 5. The van der Waals surface area contributed by atoms with Gasteiger partial charge in [-0.1, -0.05) is 13.8 Å². The normalized spacial score (nSPS) is 19.3. The van der Waals surface area contributed by atoms with Crippen molar-refractivity contribution in [3.05, 3.63) is 51.4 Å². The highest BCUT2D eigenvalue weighted by Crippen LogP contribution is 2.27. The summed E-state index contributed by atoms with van der Waals surface area (Å²) in [5, 5.41) is 15.9. The van der Waals surface area contributed by atoms with E-state index >= 15 is 0 Å². The SMILES string of the molecule is Cc1nn(CC(=O)Nc2ccc(S(=O)(=O)N3C[C@H](C)C[C@@H](C)C3)cc2)c(=O)c(C#N)c1C. The van der Waals surface area contributed by atoms with Crippen molar-refractivity contribution >= 4 is 21.6 Å². The van der Waals surface area contributed by atoms with Gasteiger partial charge in [0.05, 0.1) is 10.6 Å². The Labute approximate surface area is 187 Å². The third kappa shape index (κ3) is 4.89. The second-order valence-corrected chi connectivity index (χ2v) is 10.4. The second-order valence-electron chi connectivity index (χ2n) is 8.50. The van der Waals surface area contributed by atoms with E-state index in [9.17, 15) is 23.3 Å². The number of nitriles is 1. The number of nitrogens with zero attached hydrogens (tertiary/aromatic N) is 4. The van der Waals surface area contributed by atoms with Gasteiger partial charge in [0, 0.05) is 18.8 Å². The lowest BCUT2D eigenvalue weighted by Crippen LogP contribution is -2.42. The number of anilines is 1. The molecule has 1 N–H and O–H groups in total. The summed E-state index contributed by atoms with van der Waals surface area (Å²) in [7, 11) is -3.61. The maximum Gasteiger partial charge on any atom is 0.285 e. The first kappa shape index (κ1) is 23.6. The molecule has 2 heterocycles. The Kier molecular flexibility index (Phi) is 6.81. The molecule has 1 aliphatic rings. The van der Waals surface area contributed by atoms with E-state index in [1.165, 1.54) is 28.6 Å². The molecule has 170 valence electrons. The number of carbonyl (C=O) groups is 1. The van der Waals surface area contributed by atoms with Crippen LogP contribution in [0.5, 0.6) is 0 Å². The lowest BCUT2D eigenvalue weighted by molar-refractivity contribution is -0.117. The number of aromatic nitrogens is 2. The van der Waals surface area contributed by atoms with Gasteiger partial charge in [-0.3, -0.25) is 9.59 Å². The van der Waals surface area contributed by atoms with Crippen LogP contribution in [0, 0.1) is 37.0 Å². The average molecular weight is 458 g/mol. The molecule has 0 unspecified atom stereocenters. The summed E-state index contributed by atoms with van der Waals surface area (Å²) in [6.07, 6.45) is 1.01. The van der Waals surface area contributed by atoms with Crippen LogP contribution in [0.15, 0.2) is 34.0 Å². The molecule has 10 heteroatoms. The number of hydrogen-bond acceptors (Lipinski definition) is 6. The van der Waals surface area contributed by atoms with Crippen LogP contribution in [0.3, 0.4) is 0 Å². The molecule has 0 saturated carbocycles. The molecule has 1 saturated heterocycles. The Balaban J connectivity index is 1.73. The molecule has 0 aliphatic carbocycles. The van der Waals surface area contributed by atoms with Gasteiger partial charge in [0.2, 0.25) is 15.9 Å². The van der Waals surface area contributed by atoms with Crippen molar-refractivity contribution in [3.8, 4) is 6.07 Å². The third-order valence-electron chi connectivity index (χ3n) is 5.65. The smallest absolute Gasteiger partial charge is 0.285 e. The predicted molar refractivity (Wildman–Crippen MR) is 119 cm³/mol. The minimum absolute atomic E-state index is 0.0405. The van der Waals surface area contributed by atoms with Gasteiger partial charge in [-0.2, -0.15) is 14.7 Å². The van der Waals surface area contributed by atoms with Gasteiger partial charge in [0.1, 0.15) is 18.2 Å². The monoisotopic (exact) mass is 457 g/mol. The molecule has 1 aromatic carbocycles. The van der Waals surface area contributed by atoms with Crippen LogP contribution >= 0.6 is 0 Å². The van der Waals surface area contributed by atoms with Crippen LogP contribution in [-0.2, 0) is 21.4 Å². The number of hydrogen-bond donors (Lipinski definition) is 1. The summed E-state index contributed by atoms with van der Waals surface area (Å²) >= 11 is 0. The van der Waals surface area contributed by atoms with Crippen molar-refractivity contribution in [2.45, 2.75) is 45.6 Å². The van der Waals surface area contributed by atoms with E-state index in [4.69, 9.17) is 0 Å². The first-order valence-corrected chi connectivity index (χ1v) is 11.9. The topological polar surface area (TPSA) is 125 Å². The largest absolute Gasteiger partial charge is 0.324 e. The summed E-state index contributed by atoms with van der Waals surface area (Å²) in [6.45, 7) is 8.01. The molecular formula is C22H27N5O4S. The fourth-order valence-electron chi connectivity index (χ4n) is 4.01. The summed E-state index contributed by atoms with van der Waals surface area (Å²) in [4.78, 5) is 24.9. The number of benzene rings is 1. The molecule has 1 aromatic heterocycles. The van der Waals surface area contributed by atoms with E-state index in [0.717, 1.165) is 11.1 Å². The molecule has 0 spiro atoms. The lowest BCUT2D eigenvalue weighted by Gasteiger charge is -2.34. The molecule has 3 rings (SSSR count). The minimum Gasteiger partial charge on any atom is -0.324 e. The van der Waals surface area contributed by atoms with Crippen LogP contribution in [-0.4, -0.2) is 41.5 Å². The number of aryl methyl sites for hydroxylation is 1.